The van der Waals surface area contributed by atoms with Gasteiger partial charge in [0.05, 0.1) is 9.21 Å². The summed E-state index contributed by atoms with van der Waals surface area (Å²) in [5.41, 5.74) is 0.768. The van der Waals surface area contributed by atoms with Gasteiger partial charge in [-0.1, -0.05) is 29.8 Å². The van der Waals surface area contributed by atoms with Crippen LogP contribution in [0.15, 0.2) is 42.5 Å². The first-order valence-electron chi connectivity index (χ1n) is 7.29. The van der Waals surface area contributed by atoms with Crippen LogP contribution in [0.5, 0.6) is 0 Å². The van der Waals surface area contributed by atoms with Crippen molar-refractivity contribution in [2.75, 3.05) is 31.5 Å². The van der Waals surface area contributed by atoms with E-state index in [1.165, 1.54) is 11.3 Å². The molecule has 0 bridgehead atoms. The number of hydrogen-bond acceptors (Lipinski definition) is 3. The summed E-state index contributed by atoms with van der Waals surface area (Å²) in [6, 6.07) is 12.7. The average molecular weight is 350 g/mol. The van der Waals surface area contributed by atoms with Gasteiger partial charge in [0.25, 0.3) is 5.91 Å². The van der Waals surface area contributed by atoms with Crippen molar-refractivity contribution < 1.29 is 9.59 Å². The molecule has 2 heterocycles. The highest BCUT2D eigenvalue weighted by atomic mass is 35.5. The Labute approximate surface area is 143 Å². The zero-order valence-electron chi connectivity index (χ0n) is 12.4. The third-order valence-corrected chi connectivity index (χ3v) is 4.88. The van der Waals surface area contributed by atoms with Crippen LogP contribution in [0.25, 0.3) is 0 Å². The molecule has 7 heteroatoms. The Morgan fingerprint density at radius 2 is 1.61 bits per heavy atom. The normalized spacial score (nSPS) is 14.7. The van der Waals surface area contributed by atoms with Gasteiger partial charge in [0, 0.05) is 31.9 Å². The van der Waals surface area contributed by atoms with Gasteiger partial charge in [-0.25, -0.2) is 4.79 Å². The molecule has 0 spiro atoms. The Hall–Kier alpha value is -2.05. The highest BCUT2D eigenvalue weighted by Gasteiger charge is 2.25. The number of rotatable bonds is 2. The molecule has 120 valence electrons. The van der Waals surface area contributed by atoms with Gasteiger partial charge in [0.15, 0.2) is 0 Å². The number of halogens is 1. The van der Waals surface area contributed by atoms with Crippen molar-refractivity contribution in [3.05, 3.63) is 51.7 Å². The maximum atomic E-state index is 12.3. The van der Waals surface area contributed by atoms with E-state index in [1.54, 1.807) is 21.9 Å². The van der Waals surface area contributed by atoms with E-state index in [9.17, 15) is 9.59 Å². The van der Waals surface area contributed by atoms with Gasteiger partial charge in [-0.05, 0) is 24.3 Å². The molecule has 3 rings (SSSR count). The quantitative estimate of drug-likeness (QED) is 0.903. The number of hydrogen-bond donors (Lipinski definition) is 1. The van der Waals surface area contributed by atoms with Gasteiger partial charge in [0.2, 0.25) is 0 Å². The lowest BCUT2D eigenvalue weighted by molar-refractivity contribution is 0.0676. The highest BCUT2D eigenvalue weighted by molar-refractivity contribution is 7.17. The Balaban J connectivity index is 1.54. The number of carbonyl (C=O) groups is 2. The van der Waals surface area contributed by atoms with Crippen LogP contribution in [-0.2, 0) is 0 Å². The molecule has 0 unspecified atom stereocenters. The Bertz CT molecular complexity index is 696. The van der Waals surface area contributed by atoms with Crippen molar-refractivity contribution in [2.24, 2.45) is 0 Å². The number of urea groups is 1. The number of para-hydroxylation sites is 1. The van der Waals surface area contributed by atoms with Crippen LogP contribution in [0.2, 0.25) is 4.34 Å². The first-order chi connectivity index (χ1) is 11.1. The first kappa shape index (κ1) is 15.8. The molecule has 1 fully saturated rings. The summed E-state index contributed by atoms with van der Waals surface area (Å²) in [5.74, 6) is -0.0231. The molecule has 0 aliphatic carbocycles. The third kappa shape index (κ3) is 3.83. The summed E-state index contributed by atoms with van der Waals surface area (Å²) in [6.07, 6.45) is 0. The van der Waals surface area contributed by atoms with E-state index in [1.807, 2.05) is 30.3 Å². The van der Waals surface area contributed by atoms with Crippen LogP contribution in [0.4, 0.5) is 10.5 Å². The number of amides is 3. The van der Waals surface area contributed by atoms with Crippen LogP contribution >= 0.6 is 22.9 Å². The topological polar surface area (TPSA) is 52.7 Å². The molecule has 1 N–H and O–H groups in total. The molecule has 1 aliphatic rings. The van der Waals surface area contributed by atoms with E-state index in [0.29, 0.717) is 35.4 Å². The molecule has 0 atom stereocenters. The fourth-order valence-electron chi connectivity index (χ4n) is 2.42. The maximum absolute atomic E-state index is 12.3. The Morgan fingerprint density at radius 1 is 0.957 bits per heavy atom. The van der Waals surface area contributed by atoms with Crippen molar-refractivity contribution in [1.29, 1.82) is 0 Å². The molecule has 0 saturated carbocycles. The van der Waals surface area contributed by atoms with Crippen LogP contribution in [0.3, 0.4) is 0 Å². The summed E-state index contributed by atoms with van der Waals surface area (Å²) in [6.45, 7) is 2.08. The molecule has 1 saturated heterocycles. The van der Waals surface area contributed by atoms with Gasteiger partial charge in [-0.15, -0.1) is 11.3 Å². The van der Waals surface area contributed by atoms with Crippen molar-refractivity contribution in [1.82, 2.24) is 9.80 Å². The van der Waals surface area contributed by atoms with Crippen LogP contribution < -0.4 is 5.32 Å². The maximum Gasteiger partial charge on any atom is 0.321 e. The first-order valence-corrected chi connectivity index (χ1v) is 8.48. The number of carbonyl (C=O) groups excluding carboxylic acids is 2. The number of nitrogens with one attached hydrogen (secondary N) is 1. The van der Waals surface area contributed by atoms with Crippen molar-refractivity contribution in [3.8, 4) is 0 Å². The van der Waals surface area contributed by atoms with Gasteiger partial charge in [-0.2, -0.15) is 0 Å². The molecule has 1 aromatic heterocycles. The number of anilines is 1. The minimum Gasteiger partial charge on any atom is -0.334 e. The van der Waals surface area contributed by atoms with E-state index in [0.717, 1.165) is 5.69 Å². The number of piperazine rings is 1. The summed E-state index contributed by atoms with van der Waals surface area (Å²) in [7, 11) is 0. The van der Waals surface area contributed by atoms with E-state index >= 15 is 0 Å². The summed E-state index contributed by atoms with van der Waals surface area (Å²) in [4.78, 5) is 28.7. The largest absolute Gasteiger partial charge is 0.334 e. The highest BCUT2D eigenvalue weighted by Crippen LogP contribution is 2.23. The molecule has 23 heavy (non-hydrogen) atoms. The lowest BCUT2D eigenvalue weighted by atomic mass is 10.3. The Kier molecular flexibility index (Phi) is 4.83. The minimum atomic E-state index is -0.137. The second kappa shape index (κ2) is 7.02. The number of thiophene rings is 1. The molecule has 0 radical (unpaired) electrons. The number of benzene rings is 1. The fourth-order valence-corrected chi connectivity index (χ4v) is 3.43. The predicted molar refractivity (Wildman–Crippen MR) is 92.3 cm³/mol. The predicted octanol–water partition coefficient (Wildman–Crippen LogP) is 3.39. The van der Waals surface area contributed by atoms with Crippen molar-refractivity contribution in [2.45, 2.75) is 0 Å². The summed E-state index contributed by atoms with van der Waals surface area (Å²) >= 11 is 7.15. The molecular formula is C16H16ClN3O2S. The lowest BCUT2D eigenvalue weighted by Gasteiger charge is -2.34. The van der Waals surface area contributed by atoms with E-state index in [2.05, 4.69) is 5.32 Å². The third-order valence-electron chi connectivity index (χ3n) is 3.66. The minimum absolute atomic E-state index is 0.0231. The second-order valence-corrected chi connectivity index (χ2v) is 6.89. The van der Waals surface area contributed by atoms with Crippen LogP contribution in [0, 0.1) is 0 Å². The van der Waals surface area contributed by atoms with E-state index in [4.69, 9.17) is 11.6 Å². The molecular weight excluding hydrogens is 334 g/mol. The van der Waals surface area contributed by atoms with Gasteiger partial charge in [-0.3, -0.25) is 4.79 Å². The monoisotopic (exact) mass is 349 g/mol. The van der Waals surface area contributed by atoms with Gasteiger partial charge < -0.3 is 15.1 Å². The van der Waals surface area contributed by atoms with E-state index in [-0.39, 0.29) is 11.9 Å². The zero-order valence-corrected chi connectivity index (χ0v) is 13.9. The lowest BCUT2D eigenvalue weighted by Crippen LogP contribution is -2.51. The van der Waals surface area contributed by atoms with Crippen LogP contribution in [-0.4, -0.2) is 47.9 Å². The Morgan fingerprint density at radius 3 is 2.22 bits per heavy atom. The van der Waals surface area contributed by atoms with Crippen molar-refractivity contribution >= 4 is 40.6 Å². The van der Waals surface area contributed by atoms with Crippen LogP contribution in [0.1, 0.15) is 9.67 Å². The van der Waals surface area contributed by atoms with Crippen molar-refractivity contribution in [3.63, 3.8) is 0 Å². The summed E-state index contributed by atoms with van der Waals surface area (Å²) < 4.78 is 0.606. The summed E-state index contributed by atoms with van der Waals surface area (Å²) in [5, 5.41) is 2.86. The SMILES string of the molecule is O=C(Nc1ccccc1)N1CCN(C(=O)c2ccc(Cl)s2)CC1. The number of nitrogens with zero attached hydrogens (tertiary/aromatic N) is 2. The van der Waals surface area contributed by atoms with E-state index < -0.39 is 0 Å². The molecule has 3 amide bonds. The van der Waals surface area contributed by atoms with Gasteiger partial charge >= 0.3 is 6.03 Å². The fraction of sp³-hybridized carbons (Fsp3) is 0.250. The molecule has 2 aromatic rings. The molecule has 5 nitrogen and oxygen atoms in total. The molecule has 1 aromatic carbocycles. The van der Waals surface area contributed by atoms with Gasteiger partial charge in [0.1, 0.15) is 0 Å². The smallest absolute Gasteiger partial charge is 0.321 e. The second-order valence-electron chi connectivity index (χ2n) is 5.18. The standard InChI is InChI=1S/C16H16ClN3O2S/c17-14-7-6-13(23-14)15(21)19-8-10-20(11-9-19)16(22)18-12-4-2-1-3-5-12/h1-7H,8-11H2,(H,18,22). The zero-order chi connectivity index (χ0) is 16.2. The average Bonchev–Trinajstić information content (AvgIpc) is 3.02. The molecule has 1 aliphatic heterocycles.